The number of carbonyl (C=O) groups is 1. The maximum Gasteiger partial charge on any atom is 0.254 e. The van der Waals surface area contributed by atoms with Gasteiger partial charge in [-0.1, -0.05) is 36.4 Å². The first-order chi connectivity index (χ1) is 17.2. The number of carbonyl (C=O) groups excluding carboxylic acids is 1. The van der Waals surface area contributed by atoms with E-state index < -0.39 is 0 Å². The molecule has 0 unspecified atom stereocenters. The molecule has 0 fully saturated rings. The van der Waals surface area contributed by atoms with Gasteiger partial charge >= 0.3 is 0 Å². The van der Waals surface area contributed by atoms with E-state index in [-0.39, 0.29) is 12.0 Å². The highest BCUT2D eigenvalue weighted by Crippen LogP contribution is 2.32. The van der Waals surface area contributed by atoms with E-state index in [1.165, 1.54) is 5.56 Å². The van der Waals surface area contributed by atoms with Crippen molar-refractivity contribution in [3.05, 3.63) is 83.3 Å². The number of para-hydroxylation sites is 2. The fraction of sp³-hybridized carbons (Fsp3) is 0.259. The Morgan fingerprint density at radius 2 is 1.86 bits per heavy atom. The zero-order valence-corrected chi connectivity index (χ0v) is 19.4. The molecule has 2 aromatic carbocycles. The smallest absolute Gasteiger partial charge is 0.254 e. The molecule has 2 aromatic heterocycles. The summed E-state index contributed by atoms with van der Waals surface area (Å²) < 4.78 is 13.3. The molecule has 8 nitrogen and oxygen atoms in total. The quantitative estimate of drug-likeness (QED) is 0.492. The molecule has 0 saturated carbocycles. The van der Waals surface area contributed by atoms with Crippen molar-refractivity contribution in [1.29, 1.82) is 0 Å². The topological polar surface area (TPSA) is 91.2 Å². The molecule has 35 heavy (non-hydrogen) atoms. The first-order valence-electron chi connectivity index (χ1n) is 11.8. The minimum Gasteiger partial charge on any atom is -0.486 e. The van der Waals surface area contributed by atoms with Crippen LogP contribution in [0.5, 0.6) is 11.5 Å². The molecule has 0 radical (unpaired) electrons. The van der Waals surface area contributed by atoms with E-state index in [4.69, 9.17) is 14.5 Å². The minimum atomic E-state index is -0.266. The number of amides is 1. The second kappa shape index (κ2) is 8.87. The minimum absolute atomic E-state index is 0.226. The van der Waals surface area contributed by atoms with E-state index in [0.717, 1.165) is 41.8 Å². The summed E-state index contributed by atoms with van der Waals surface area (Å²) >= 11 is 0. The molecule has 0 spiro atoms. The SMILES string of the molecule is Cc1c(C(=O)NC[C@H]2COc3ccccc3O2)cnn1-c1ncc2c(n1)-c1ccccc1CCC2. The average molecular weight is 468 g/mol. The molecule has 176 valence electrons. The Labute approximate surface area is 202 Å². The molecule has 8 heteroatoms. The lowest BCUT2D eigenvalue weighted by Gasteiger charge is -2.26. The van der Waals surface area contributed by atoms with Crippen LogP contribution in [-0.4, -0.2) is 44.9 Å². The van der Waals surface area contributed by atoms with Gasteiger partial charge in [-0.05, 0) is 49.4 Å². The van der Waals surface area contributed by atoms with Crippen LogP contribution in [0, 0.1) is 6.92 Å². The van der Waals surface area contributed by atoms with Gasteiger partial charge < -0.3 is 14.8 Å². The Morgan fingerprint density at radius 3 is 2.77 bits per heavy atom. The number of hydrogen-bond donors (Lipinski definition) is 1. The Morgan fingerprint density at radius 1 is 1.06 bits per heavy atom. The molecule has 0 bridgehead atoms. The van der Waals surface area contributed by atoms with Crippen molar-refractivity contribution in [3.63, 3.8) is 0 Å². The van der Waals surface area contributed by atoms with E-state index in [9.17, 15) is 4.79 Å². The third-order valence-corrected chi connectivity index (χ3v) is 6.52. The Bertz CT molecular complexity index is 1410. The summed E-state index contributed by atoms with van der Waals surface area (Å²) in [4.78, 5) is 22.4. The molecule has 1 aliphatic carbocycles. The van der Waals surface area contributed by atoms with Crippen LogP contribution >= 0.6 is 0 Å². The number of fused-ring (bicyclic) bond motifs is 4. The normalized spacial score (nSPS) is 16.1. The second-order valence-electron chi connectivity index (χ2n) is 8.82. The van der Waals surface area contributed by atoms with Crippen molar-refractivity contribution >= 4 is 5.91 Å². The summed E-state index contributed by atoms with van der Waals surface area (Å²) in [6.45, 7) is 2.55. The third kappa shape index (κ3) is 4.01. The number of hydrogen-bond acceptors (Lipinski definition) is 6. The third-order valence-electron chi connectivity index (χ3n) is 6.52. The van der Waals surface area contributed by atoms with Crippen LogP contribution in [0.4, 0.5) is 0 Å². The zero-order chi connectivity index (χ0) is 23.8. The van der Waals surface area contributed by atoms with Crippen molar-refractivity contribution in [3.8, 4) is 28.7 Å². The fourth-order valence-corrected chi connectivity index (χ4v) is 4.65. The van der Waals surface area contributed by atoms with Crippen molar-refractivity contribution in [1.82, 2.24) is 25.1 Å². The van der Waals surface area contributed by atoms with E-state index in [1.54, 1.807) is 10.9 Å². The summed E-state index contributed by atoms with van der Waals surface area (Å²) in [5.41, 5.74) is 5.67. The molecule has 3 heterocycles. The highest BCUT2D eigenvalue weighted by Gasteiger charge is 2.23. The largest absolute Gasteiger partial charge is 0.486 e. The summed E-state index contributed by atoms with van der Waals surface area (Å²) in [5, 5.41) is 7.37. The number of aryl methyl sites for hydroxylation is 2. The Hall–Kier alpha value is -4.20. The average Bonchev–Trinajstić information content (AvgIpc) is 3.18. The molecule has 4 aromatic rings. The van der Waals surface area contributed by atoms with Gasteiger partial charge in [0.15, 0.2) is 11.5 Å². The first-order valence-corrected chi connectivity index (χ1v) is 11.8. The maximum absolute atomic E-state index is 12.9. The van der Waals surface area contributed by atoms with Gasteiger partial charge in [0.1, 0.15) is 12.7 Å². The predicted molar refractivity (Wildman–Crippen MR) is 130 cm³/mol. The Kier molecular flexibility index (Phi) is 5.41. The maximum atomic E-state index is 12.9. The zero-order valence-electron chi connectivity index (χ0n) is 19.4. The molecule has 6 rings (SSSR count). The van der Waals surface area contributed by atoms with Crippen LogP contribution in [-0.2, 0) is 12.8 Å². The van der Waals surface area contributed by atoms with Gasteiger partial charge in [0.05, 0.1) is 29.7 Å². The second-order valence-corrected chi connectivity index (χ2v) is 8.82. The molecular formula is C27H25N5O3. The summed E-state index contributed by atoms with van der Waals surface area (Å²) in [7, 11) is 0. The fourth-order valence-electron chi connectivity index (χ4n) is 4.65. The van der Waals surface area contributed by atoms with Crippen molar-refractivity contribution in [2.75, 3.05) is 13.2 Å². The number of benzene rings is 2. The molecule has 0 saturated heterocycles. The summed E-state index contributed by atoms with van der Waals surface area (Å²) in [5.74, 6) is 1.63. The van der Waals surface area contributed by atoms with Gasteiger partial charge in [-0.15, -0.1) is 0 Å². The lowest BCUT2D eigenvalue weighted by atomic mass is 10.0. The monoisotopic (exact) mass is 467 g/mol. The lowest BCUT2D eigenvalue weighted by Crippen LogP contribution is -2.40. The molecule has 2 aliphatic rings. The molecule has 1 N–H and O–H groups in total. The van der Waals surface area contributed by atoms with E-state index >= 15 is 0 Å². The number of nitrogens with one attached hydrogen (secondary N) is 1. The van der Waals surface area contributed by atoms with Gasteiger partial charge in [0, 0.05) is 11.8 Å². The highest BCUT2D eigenvalue weighted by molar-refractivity contribution is 5.95. The molecule has 1 aliphatic heterocycles. The van der Waals surface area contributed by atoms with E-state index in [0.29, 0.717) is 36.1 Å². The lowest BCUT2D eigenvalue weighted by molar-refractivity contribution is 0.0789. The van der Waals surface area contributed by atoms with Crippen LogP contribution in [0.3, 0.4) is 0 Å². The van der Waals surface area contributed by atoms with Crippen LogP contribution < -0.4 is 14.8 Å². The highest BCUT2D eigenvalue weighted by atomic mass is 16.6. The Balaban J connectivity index is 1.21. The number of rotatable bonds is 4. The van der Waals surface area contributed by atoms with E-state index in [1.807, 2.05) is 43.5 Å². The predicted octanol–water partition coefficient (Wildman–Crippen LogP) is 3.70. The standard InChI is InChI=1S/C27H25N5O3/c1-17-22(26(33)28-14-20-16-34-23-11-4-5-12-24(23)35-20)15-30-32(17)27-29-13-19-9-6-8-18-7-2-3-10-21(18)25(19)31-27/h2-5,7,10-13,15,20H,6,8-9,14,16H2,1H3,(H,28,33)/t20-/m0/s1. The number of aromatic nitrogens is 4. The molecular weight excluding hydrogens is 442 g/mol. The van der Waals surface area contributed by atoms with E-state index in [2.05, 4.69) is 33.6 Å². The van der Waals surface area contributed by atoms with Gasteiger partial charge in [-0.25, -0.2) is 14.6 Å². The van der Waals surface area contributed by atoms with Crippen molar-refractivity contribution in [2.45, 2.75) is 32.3 Å². The first kappa shape index (κ1) is 21.3. The van der Waals surface area contributed by atoms with Crippen molar-refractivity contribution in [2.24, 2.45) is 0 Å². The van der Waals surface area contributed by atoms with Crippen molar-refractivity contribution < 1.29 is 14.3 Å². The molecule has 1 atom stereocenters. The van der Waals surface area contributed by atoms with Crippen LogP contribution in [0.25, 0.3) is 17.2 Å². The van der Waals surface area contributed by atoms with Gasteiger partial charge in [-0.2, -0.15) is 5.10 Å². The summed E-state index contributed by atoms with van der Waals surface area (Å²) in [6.07, 6.45) is 6.21. The van der Waals surface area contributed by atoms with Crippen LogP contribution in [0.15, 0.2) is 60.9 Å². The summed E-state index contributed by atoms with van der Waals surface area (Å²) in [6, 6.07) is 15.9. The number of ether oxygens (including phenoxy) is 2. The van der Waals surface area contributed by atoms with Gasteiger partial charge in [0.25, 0.3) is 11.9 Å². The molecule has 1 amide bonds. The van der Waals surface area contributed by atoms with Gasteiger partial charge in [0.2, 0.25) is 0 Å². The van der Waals surface area contributed by atoms with Crippen LogP contribution in [0.1, 0.15) is 33.6 Å². The van der Waals surface area contributed by atoms with Crippen LogP contribution in [0.2, 0.25) is 0 Å². The van der Waals surface area contributed by atoms with Gasteiger partial charge in [-0.3, -0.25) is 4.79 Å². The number of nitrogens with zero attached hydrogens (tertiary/aromatic N) is 4.